The Kier molecular flexibility index (Phi) is 3.72. The maximum absolute atomic E-state index is 11.3. The first-order valence-electron chi connectivity index (χ1n) is 5.82. The molecule has 0 saturated carbocycles. The Morgan fingerprint density at radius 2 is 1.72 bits per heavy atom. The van der Waals surface area contributed by atoms with Gasteiger partial charge in [-0.15, -0.1) is 0 Å². The third kappa shape index (κ3) is 2.94. The Balaban J connectivity index is 2.10. The van der Waals surface area contributed by atoms with E-state index in [0.717, 1.165) is 6.54 Å². The Hall–Kier alpha value is -2.16. The molecule has 1 heterocycles. The second kappa shape index (κ2) is 5.45. The maximum atomic E-state index is 11.3. The summed E-state index contributed by atoms with van der Waals surface area (Å²) in [5, 5.41) is 0. The van der Waals surface area contributed by atoms with Crippen LogP contribution in [0.1, 0.15) is 21.5 Å². The molecule has 92 valence electrons. The molecule has 0 fully saturated rings. The fourth-order valence-corrected chi connectivity index (χ4v) is 1.72. The molecule has 2 rings (SSSR count). The Bertz CT molecular complexity index is 529. The average Bonchev–Trinajstić information content (AvgIpc) is 2.41. The monoisotopic (exact) mass is 242 g/mol. The van der Waals surface area contributed by atoms with Crippen molar-refractivity contribution in [2.45, 2.75) is 13.5 Å². The molecule has 3 heteroatoms. The van der Waals surface area contributed by atoms with Crippen molar-refractivity contribution in [3.8, 4) is 0 Å². The van der Waals surface area contributed by atoms with Gasteiger partial charge in [0.1, 0.15) is 0 Å². The number of carbonyl (C=O) groups is 1. The van der Waals surface area contributed by atoms with Crippen molar-refractivity contribution < 1.29 is 14.1 Å². The van der Waals surface area contributed by atoms with Crippen molar-refractivity contribution >= 4 is 5.97 Å². The number of methoxy groups -OCH3 is 1. The van der Waals surface area contributed by atoms with Crippen LogP contribution >= 0.6 is 0 Å². The van der Waals surface area contributed by atoms with E-state index in [0.29, 0.717) is 5.56 Å². The van der Waals surface area contributed by atoms with Gasteiger partial charge < -0.3 is 4.74 Å². The molecule has 0 aliphatic carbocycles. The van der Waals surface area contributed by atoms with E-state index in [1.165, 1.54) is 18.2 Å². The standard InChI is InChI=1S/C15H16NO2/c1-12-3-5-13(6-4-12)11-16-9-7-14(8-10-16)15(17)18-2/h3-10H,11H2,1-2H3/q+1. The van der Waals surface area contributed by atoms with Crippen LogP contribution in [-0.2, 0) is 11.3 Å². The highest BCUT2D eigenvalue weighted by molar-refractivity contribution is 5.88. The quantitative estimate of drug-likeness (QED) is 0.609. The number of benzene rings is 1. The van der Waals surface area contributed by atoms with E-state index < -0.39 is 0 Å². The molecule has 0 bridgehead atoms. The minimum absolute atomic E-state index is 0.308. The van der Waals surface area contributed by atoms with Crippen molar-refractivity contribution in [1.82, 2.24) is 0 Å². The summed E-state index contributed by atoms with van der Waals surface area (Å²) in [5.41, 5.74) is 3.05. The first kappa shape index (κ1) is 12.3. The zero-order valence-corrected chi connectivity index (χ0v) is 10.6. The fourth-order valence-electron chi connectivity index (χ4n) is 1.72. The molecule has 1 aromatic carbocycles. The Morgan fingerprint density at radius 3 is 2.28 bits per heavy atom. The van der Waals surface area contributed by atoms with Crippen LogP contribution in [0.5, 0.6) is 0 Å². The highest BCUT2D eigenvalue weighted by Crippen LogP contribution is 2.03. The summed E-state index contributed by atoms with van der Waals surface area (Å²) < 4.78 is 6.68. The number of carbonyl (C=O) groups excluding carboxylic acids is 1. The second-order valence-electron chi connectivity index (χ2n) is 4.24. The van der Waals surface area contributed by atoms with Gasteiger partial charge >= 0.3 is 5.97 Å². The number of hydrogen-bond donors (Lipinski definition) is 0. The van der Waals surface area contributed by atoms with E-state index >= 15 is 0 Å². The van der Waals surface area contributed by atoms with Gasteiger partial charge in [0.25, 0.3) is 0 Å². The van der Waals surface area contributed by atoms with Crippen molar-refractivity contribution in [1.29, 1.82) is 0 Å². The lowest BCUT2D eigenvalue weighted by atomic mass is 10.1. The second-order valence-corrected chi connectivity index (χ2v) is 4.24. The van der Waals surface area contributed by atoms with Crippen LogP contribution in [0.25, 0.3) is 0 Å². The molecule has 0 amide bonds. The molecule has 0 saturated heterocycles. The molecule has 0 N–H and O–H groups in total. The Morgan fingerprint density at radius 1 is 1.11 bits per heavy atom. The number of hydrogen-bond acceptors (Lipinski definition) is 2. The zero-order valence-electron chi connectivity index (χ0n) is 10.6. The van der Waals surface area contributed by atoms with E-state index in [9.17, 15) is 4.79 Å². The highest BCUT2D eigenvalue weighted by atomic mass is 16.5. The average molecular weight is 242 g/mol. The van der Waals surface area contributed by atoms with Crippen LogP contribution in [-0.4, -0.2) is 13.1 Å². The predicted octanol–water partition coefficient (Wildman–Crippen LogP) is 2.12. The number of aromatic nitrogens is 1. The largest absolute Gasteiger partial charge is 0.465 e. The van der Waals surface area contributed by atoms with Crippen LogP contribution in [0.2, 0.25) is 0 Å². The van der Waals surface area contributed by atoms with Gasteiger partial charge in [0.15, 0.2) is 18.9 Å². The minimum atomic E-state index is -0.308. The van der Waals surface area contributed by atoms with Gasteiger partial charge in [0, 0.05) is 17.7 Å². The lowest BCUT2D eigenvalue weighted by Crippen LogP contribution is -2.33. The molecule has 0 radical (unpaired) electrons. The fraction of sp³-hybridized carbons (Fsp3) is 0.200. The number of ether oxygens (including phenoxy) is 1. The van der Waals surface area contributed by atoms with Crippen LogP contribution in [0.4, 0.5) is 0 Å². The van der Waals surface area contributed by atoms with E-state index in [2.05, 4.69) is 35.9 Å². The summed E-state index contributed by atoms with van der Waals surface area (Å²) in [6.07, 6.45) is 3.76. The molecule has 0 atom stereocenters. The third-order valence-electron chi connectivity index (χ3n) is 2.80. The van der Waals surface area contributed by atoms with E-state index in [1.807, 2.05) is 17.0 Å². The van der Waals surface area contributed by atoms with Crippen molar-refractivity contribution in [3.63, 3.8) is 0 Å². The summed E-state index contributed by atoms with van der Waals surface area (Å²) in [6.45, 7) is 2.86. The topological polar surface area (TPSA) is 30.2 Å². The summed E-state index contributed by atoms with van der Waals surface area (Å²) in [4.78, 5) is 11.3. The molecule has 0 unspecified atom stereocenters. The SMILES string of the molecule is COC(=O)c1cc[n+](Cc2ccc(C)cc2)cc1. The van der Waals surface area contributed by atoms with E-state index in [-0.39, 0.29) is 5.97 Å². The number of aryl methyl sites for hydroxylation is 1. The van der Waals surface area contributed by atoms with Crippen molar-refractivity contribution in [2.75, 3.05) is 7.11 Å². The predicted molar refractivity (Wildman–Crippen MR) is 68.3 cm³/mol. The van der Waals surface area contributed by atoms with E-state index in [1.54, 1.807) is 12.1 Å². The normalized spacial score (nSPS) is 10.1. The van der Waals surface area contributed by atoms with Crippen LogP contribution in [0, 0.1) is 6.92 Å². The highest BCUT2D eigenvalue weighted by Gasteiger charge is 2.08. The van der Waals surface area contributed by atoms with Gasteiger partial charge in [0.05, 0.1) is 12.7 Å². The minimum Gasteiger partial charge on any atom is -0.465 e. The van der Waals surface area contributed by atoms with Gasteiger partial charge in [-0.25, -0.2) is 9.36 Å². The molecule has 3 nitrogen and oxygen atoms in total. The molecular formula is C15H16NO2+. The van der Waals surface area contributed by atoms with Gasteiger partial charge in [-0.3, -0.25) is 0 Å². The van der Waals surface area contributed by atoms with Gasteiger partial charge in [0.2, 0.25) is 0 Å². The summed E-state index contributed by atoms with van der Waals surface area (Å²) in [5.74, 6) is -0.308. The lowest BCUT2D eigenvalue weighted by molar-refractivity contribution is -0.688. The van der Waals surface area contributed by atoms with Crippen molar-refractivity contribution in [3.05, 3.63) is 65.5 Å². The Labute approximate surface area is 107 Å². The molecule has 0 spiro atoms. The van der Waals surface area contributed by atoms with Crippen LogP contribution in [0.3, 0.4) is 0 Å². The van der Waals surface area contributed by atoms with Crippen molar-refractivity contribution in [2.24, 2.45) is 0 Å². The lowest BCUT2D eigenvalue weighted by Gasteiger charge is -2.00. The smallest absolute Gasteiger partial charge is 0.338 e. The third-order valence-corrected chi connectivity index (χ3v) is 2.80. The molecular weight excluding hydrogens is 226 g/mol. The first-order valence-corrected chi connectivity index (χ1v) is 5.82. The number of nitrogens with zero attached hydrogens (tertiary/aromatic N) is 1. The summed E-state index contributed by atoms with van der Waals surface area (Å²) in [7, 11) is 1.38. The molecule has 0 aliphatic heterocycles. The molecule has 2 aromatic rings. The molecule has 0 aliphatic rings. The van der Waals surface area contributed by atoms with Crippen LogP contribution < -0.4 is 4.57 Å². The number of rotatable bonds is 3. The van der Waals surface area contributed by atoms with Gasteiger partial charge in [-0.05, 0) is 6.92 Å². The molecule has 1 aromatic heterocycles. The molecule has 18 heavy (non-hydrogen) atoms. The summed E-state index contributed by atoms with van der Waals surface area (Å²) in [6, 6.07) is 11.9. The number of pyridine rings is 1. The van der Waals surface area contributed by atoms with E-state index in [4.69, 9.17) is 0 Å². The maximum Gasteiger partial charge on any atom is 0.338 e. The first-order chi connectivity index (χ1) is 8.69. The number of esters is 1. The van der Waals surface area contributed by atoms with Gasteiger partial charge in [-0.2, -0.15) is 0 Å². The zero-order chi connectivity index (χ0) is 13.0. The van der Waals surface area contributed by atoms with Gasteiger partial charge in [-0.1, -0.05) is 29.8 Å². The summed E-state index contributed by atoms with van der Waals surface area (Å²) >= 11 is 0. The van der Waals surface area contributed by atoms with Crippen LogP contribution in [0.15, 0.2) is 48.8 Å².